The van der Waals surface area contributed by atoms with E-state index in [1.165, 1.54) is 0 Å². The van der Waals surface area contributed by atoms with Crippen LogP contribution in [0.2, 0.25) is 5.02 Å². The number of likely N-dealkylation sites (N-methyl/N-ethyl adjacent to an activating group) is 2. The molecule has 1 saturated carbocycles. The van der Waals surface area contributed by atoms with Crippen molar-refractivity contribution in [3.63, 3.8) is 0 Å². The Balaban J connectivity index is 1.64. The highest BCUT2D eigenvalue weighted by Crippen LogP contribution is 2.48. The molecule has 0 bridgehead atoms. The Morgan fingerprint density at radius 2 is 1.85 bits per heavy atom. The molecule has 6 heteroatoms. The van der Waals surface area contributed by atoms with Crippen molar-refractivity contribution in [1.29, 1.82) is 0 Å². The summed E-state index contributed by atoms with van der Waals surface area (Å²) in [5.74, 6) is 0.238. The van der Waals surface area contributed by atoms with Gasteiger partial charge >= 0.3 is 0 Å². The minimum absolute atomic E-state index is 0.0155. The van der Waals surface area contributed by atoms with E-state index in [9.17, 15) is 9.59 Å². The van der Waals surface area contributed by atoms with Crippen LogP contribution < -0.4 is 5.32 Å². The standard InChI is InChI=1S/C20H28ClN3O2/c1-4-24(5-2)18(25)17-12-16(13-23(17)3)22-19(26)20(10-11-20)14-6-8-15(21)9-7-14/h6-9,16-17H,4-5,10-13H2,1-3H3,(H,22,26)/t16-,17-/m0/s1. The Labute approximate surface area is 160 Å². The Morgan fingerprint density at radius 1 is 1.23 bits per heavy atom. The molecule has 1 N–H and O–H groups in total. The summed E-state index contributed by atoms with van der Waals surface area (Å²) in [6, 6.07) is 7.44. The first-order valence-corrected chi connectivity index (χ1v) is 9.85. The van der Waals surface area contributed by atoms with Crippen LogP contribution in [-0.2, 0) is 15.0 Å². The van der Waals surface area contributed by atoms with Crippen molar-refractivity contribution in [2.45, 2.75) is 50.6 Å². The lowest BCUT2D eigenvalue weighted by Crippen LogP contribution is -2.44. The maximum atomic E-state index is 12.9. The number of hydrogen-bond acceptors (Lipinski definition) is 3. The number of nitrogens with zero attached hydrogens (tertiary/aromatic N) is 2. The van der Waals surface area contributed by atoms with Gasteiger partial charge in [0.05, 0.1) is 11.5 Å². The monoisotopic (exact) mass is 377 g/mol. The molecule has 0 spiro atoms. The van der Waals surface area contributed by atoms with Gasteiger partial charge in [0.25, 0.3) is 0 Å². The lowest BCUT2D eigenvalue weighted by atomic mass is 9.94. The molecule has 0 aromatic heterocycles. The number of benzene rings is 1. The topological polar surface area (TPSA) is 52.7 Å². The van der Waals surface area contributed by atoms with E-state index in [4.69, 9.17) is 11.6 Å². The van der Waals surface area contributed by atoms with E-state index in [0.717, 1.165) is 31.5 Å². The summed E-state index contributed by atoms with van der Waals surface area (Å²) >= 11 is 5.97. The number of hydrogen-bond donors (Lipinski definition) is 1. The Bertz CT molecular complexity index is 668. The highest BCUT2D eigenvalue weighted by molar-refractivity contribution is 6.30. The largest absolute Gasteiger partial charge is 0.351 e. The van der Waals surface area contributed by atoms with Gasteiger partial charge in [0.2, 0.25) is 11.8 Å². The average molecular weight is 378 g/mol. The summed E-state index contributed by atoms with van der Waals surface area (Å²) < 4.78 is 0. The first-order valence-electron chi connectivity index (χ1n) is 9.47. The number of nitrogens with one attached hydrogen (secondary N) is 1. The van der Waals surface area contributed by atoms with Gasteiger partial charge in [-0.05, 0) is 57.9 Å². The smallest absolute Gasteiger partial charge is 0.239 e. The second-order valence-corrected chi connectivity index (χ2v) is 7.90. The summed E-state index contributed by atoms with van der Waals surface area (Å²) in [7, 11) is 1.96. The molecule has 0 radical (unpaired) electrons. The lowest BCUT2D eigenvalue weighted by molar-refractivity contribution is -0.135. The molecular weight excluding hydrogens is 350 g/mol. The van der Waals surface area contributed by atoms with Crippen LogP contribution in [0.25, 0.3) is 0 Å². The molecule has 5 nitrogen and oxygen atoms in total. The zero-order valence-corrected chi connectivity index (χ0v) is 16.6. The molecule has 1 aliphatic carbocycles. The number of carbonyl (C=O) groups excluding carboxylic acids is 2. The van der Waals surface area contributed by atoms with Crippen LogP contribution in [0.4, 0.5) is 0 Å². The van der Waals surface area contributed by atoms with Crippen molar-refractivity contribution in [3.8, 4) is 0 Å². The maximum Gasteiger partial charge on any atom is 0.239 e. The van der Waals surface area contributed by atoms with Crippen LogP contribution in [0.1, 0.15) is 38.7 Å². The molecule has 2 atom stereocenters. The minimum atomic E-state index is -0.413. The summed E-state index contributed by atoms with van der Waals surface area (Å²) in [5.41, 5.74) is 0.617. The SMILES string of the molecule is CCN(CC)C(=O)[C@@H]1C[C@H](NC(=O)C2(c3ccc(Cl)cc3)CC2)CN1C. The molecule has 2 aliphatic rings. The van der Waals surface area contributed by atoms with E-state index in [1.807, 2.05) is 50.1 Å². The molecule has 1 aromatic rings. The summed E-state index contributed by atoms with van der Waals surface area (Å²) in [6.45, 7) is 6.14. The first-order chi connectivity index (χ1) is 12.4. The summed E-state index contributed by atoms with van der Waals surface area (Å²) in [4.78, 5) is 29.5. The van der Waals surface area contributed by atoms with E-state index in [0.29, 0.717) is 18.0 Å². The minimum Gasteiger partial charge on any atom is -0.351 e. The second kappa shape index (κ2) is 7.57. The molecule has 1 aliphatic heterocycles. The van der Waals surface area contributed by atoms with Crippen LogP contribution in [0.3, 0.4) is 0 Å². The Hall–Kier alpha value is -1.59. The van der Waals surface area contributed by atoms with Crippen molar-refractivity contribution in [3.05, 3.63) is 34.9 Å². The van der Waals surface area contributed by atoms with Gasteiger partial charge in [-0.3, -0.25) is 14.5 Å². The summed E-state index contributed by atoms with van der Waals surface area (Å²) in [6.07, 6.45) is 2.41. The molecule has 142 valence electrons. The van der Waals surface area contributed by atoms with Gasteiger partial charge in [-0.15, -0.1) is 0 Å². The van der Waals surface area contributed by atoms with Crippen LogP contribution >= 0.6 is 11.6 Å². The quantitative estimate of drug-likeness (QED) is 0.828. The van der Waals surface area contributed by atoms with Gasteiger partial charge in [-0.1, -0.05) is 23.7 Å². The van der Waals surface area contributed by atoms with Crippen molar-refractivity contribution in [2.24, 2.45) is 0 Å². The van der Waals surface area contributed by atoms with E-state index < -0.39 is 5.41 Å². The molecule has 1 saturated heterocycles. The third-order valence-electron chi connectivity index (χ3n) is 5.83. The highest BCUT2D eigenvalue weighted by atomic mass is 35.5. The van der Waals surface area contributed by atoms with Gasteiger partial charge in [0.1, 0.15) is 0 Å². The molecule has 2 fully saturated rings. The predicted octanol–water partition coefficient (Wildman–Crippen LogP) is 2.43. The van der Waals surface area contributed by atoms with Crippen molar-refractivity contribution < 1.29 is 9.59 Å². The Morgan fingerprint density at radius 3 is 2.38 bits per heavy atom. The van der Waals surface area contributed by atoms with Crippen molar-refractivity contribution >= 4 is 23.4 Å². The zero-order valence-electron chi connectivity index (χ0n) is 15.8. The van der Waals surface area contributed by atoms with Crippen molar-refractivity contribution in [1.82, 2.24) is 15.1 Å². The van der Waals surface area contributed by atoms with Crippen LogP contribution in [0, 0.1) is 0 Å². The fraction of sp³-hybridized carbons (Fsp3) is 0.600. The third-order valence-corrected chi connectivity index (χ3v) is 6.08. The van der Waals surface area contributed by atoms with Gasteiger partial charge in [-0.25, -0.2) is 0 Å². The number of amides is 2. The predicted molar refractivity (Wildman–Crippen MR) is 103 cm³/mol. The van der Waals surface area contributed by atoms with Crippen LogP contribution in [0.5, 0.6) is 0 Å². The first kappa shape index (κ1) is 19.2. The highest BCUT2D eigenvalue weighted by Gasteiger charge is 2.52. The van der Waals surface area contributed by atoms with Gasteiger partial charge in [0, 0.05) is 30.7 Å². The fourth-order valence-electron chi connectivity index (χ4n) is 4.00. The summed E-state index contributed by atoms with van der Waals surface area (Å²) in [5, 5.41) is 3.88. The zero-order chi connectivity index (χ0) is 18.9. The van der Waals surface area contributed by atoms with Gasteiger partial charge in [0.15, 0.2) is 0 Å². The number of rotatable bonds is 6. The van der Waals surface area contributed by atoms with Gasteiger partial charge < -0.3 is 10.2 Å². The molecular formula is C20H28ClN3O2. The number of carbonyl (C=O) groups is 2. The molecule has 26 heavy (non-hydrogen) atoms. The average Bonchev–Trinajstić information content (AvgIpc) is 3.35. The molecule has 2 amide bonds. The van der Waals surface area contributed by atoms with Crippen LogP contribution in [0.15, 0.2) is 24.3 Å². The second-order valence-electron chi connectivity index (χ2n) is 7.46. The normalized spacial score (nSPS) is 24.3. The third kappa shape index (κ3) is 3.60. The molecule has 1 heterocycles. The molecule has 1 aromatic carbocycles. The van der Waals surface area contributed by atoms with Crippen LogP contribution in [-0.4, -0.2) is 60.4 Å². The van der Waals surface area contributed by atoms with E-state index in [1.54, 1.807) is 0 Å². The molecule has 3 rings (SSSR count). The Kier molecular flexibility index (Phi) is 5.58. The number of halogens is 1. The van der Waals surface area contributed by atoms with E-state index in [-0.39, 0.29) is 23.9 Å². The lowest BCUT2D eigenvalue weighted by Gasteiger charge is -2.26. The maximum absolute atomic E-state index is 12.9. The molecule has 0 unspecified atom stereocenters. The van der Waals surface area contributed by atoms with E-state index >= 15 is 0 Å². The van der Waals surface area contributed by atoms with E-state index in [2.05, 4.69) is 10.2 Å². The number of likely N-dealkylation sites (tertiary alicyclic amines) is 1. The fourth-order valence-corrected chi connectivity index (χ4v) is 4.13. The van der Waals surface area contributed by atoms with Crippen molar-refractivity contribution in [2.75, 3.05) is 26.7 Å². The van der Waals surface area contributed by atoms with Gasteiger partial charge in [-0.2, -0.15) is 0 Å².